The summed E-state index contributed by atoms with van der Waals surface area (Å²) in [4.78, 5) is 17.8. The molecule has 0 spiro atoms. The lowest BCUT2D eigenvalue weighted by Gasteiger charge is -2.28. The van der Waals surface area contributed by atoms with Crippen LogP contribution >= 0.6 is 0 Å². The van der Waals surface area contributed by atoms with Crippen LogP contribution in [0.5, 0.6) is 5.88 Å². The van der Waals surface area contributed by atoms with E-state index in [1.165, 1.54) is 16.8 Å². The second-order valence-electron chi connectivity index (χ2n) is 8.08. The molecule has 29 heavy (non-hydrogen) atoms. The molecule has 1 saturated carbocycles. The topological polar surface area (TPSA) is 69.0 Å². The van der Waals surface area contributed by atoms with Gasteiger partial charge in [0, 0.05) is 25.0 Å². The van der Waals surface area contributed by atoms with Crippen LogP contribution in [0.1, 0.15) is 52.9 Å². The van der Waals surface area contributed by atoms with Crippen LogP contribution in [0.25, 0.3) is 5.65 Å². The molecule has 10 heteroatoms. The zero-order chi connectivity index (χ0) is 21.2. The van der Waals surface area contributed by atoms with Crippen LogP contribution in [0.2, 0.25) is 0 Å². The number of alkyl halides is 3. The molecular weight excluding hydrogens is 389 g/mol. The van der Waals surface area contributed by atoms with E-state index in [1.807, 2.05) is 0 Å². The van der Waals surface area contributed by atoms with Gasteiger partial charge in [0.1, 0.15) is 11.7 Å². The van der Waals surface area contributed by atoms with Gasteiger partial charge in [0.2, 0.25) is 5.88 Å². The van der Waals surface area contributed by atoms with Gasteiger partial charge < -0.3 is 9.47 Å². The number of aromatic nitrogens is 3. The van der Waals surface area contributed by atoms with Gasteiger partial charge in [0.15, 0.2) is 5.65 Å². The van der Waals surface area contributed by atoms with Crippen molar-refractivity contribution >= 4 is 17.4 Å². The second-order valence-corrected chi connectivity index (χ2v) is 8.08. The van der Waals surface area contributed by atoms with Crippen molar-refractivity contribution in [1.29, 1.82) is 0 Å². The summed E-state index contributed by atoms with van der Waals surface area (Å²) in [5, 5.41) is 4.32. The summed E-state index contributed by atoms with van der Waals surface area (Å²) in [5.41, 5.74) is -0.455. The van der Waals surface area contributed by atoms with E-state index in [0.717, 1.165) is 30.6 Å². The third kappa shape index (κ3) is 5.74. The van der Waals surface area contributed by atoms with Gasteiger partial charge in [-0.05, 0) is 46.5 Å². The van der Waals surface area contributed by atoms with Gasteiger partial charge in [-0.25, -0.2) is 14.3 Å². The second kappa shape index (κ2) is 8.08. The third-order valence-electron chi connectivity index (χ3n) is 4.43. The Hall–Kier alpha value is -2.52. The third-order valence-corrected chi connectivity index (χ3v) is 4.43. The summed E-state index contributed by atoms with van der Waals surface area (Å²) < 4.78 is 51.3. The number of imidazole rings is 1. The van der Waals surface area contributed by atoms with E-state index in [9.17, 15) is 18.0 Å². The Balaban J connectivity index is 1.97. The van der Waals surface area contributed by atoms with Crippen LogP contribution in [0.15, 0.2) is 18.5 Å². The molecule has 0 bridgehead atoms. The molecule has 1 fully saturated rings. The van der Waals surface area contributed by atoms with Crippen LogP contribution < -0.4 is 9.64 Å². The molecule has 0 aliphatic heterocycles. The molecule has 2 aromatic heterocycles. The summed E-state index contributed by atoms with van der Waals surface area (Å²) in [6.45, 7) is 4.35. The fourth-order valence-electron chi connectivity index (χ4n) is 3.18. The van der Waals surface area contributed by atoms with Gasteiger partial charge in [-0.1, -0.05) is 0 Å². The summed E-state index contributed by atoms with van der Waals surface area (Å²) >= 11 is 0. The number of hydrogen-bond donors (Lipinski definition) is 0. The summed E-state index contributed by atoms with van der Waals surface area (Å²) in [6, 6.07) is 1.46. The number of fused-ring (bicyclic) bond motifs is 1. The Morgan fingerprint density at radius 1 is 1.28 bits per heavy atom. The number of hydrogen-bond acceptors (Lipinski definition) is 5. The van der Waals surface area contributed by atoms with Crippen LogP contribution in [-0.2, 0) is 4.74 Å². The molecule has 0 unspecified atom stereocenters. The Morgan fingerprint density at radius 2 is 1.97 bits per heavy atom. The van der Waals surface area contributed by atoms with Crippen molar-refractivity contribution in [3.05, 3.63) is 18.5 Å². The molecule has 7 nitrogen and oxygen atoms in total. The van der Waals surface area contributed by atoms with Crippen molar-refractivity contribution in [3.63, 3.8) is 0 Å². The maximum atomic E-state index is 12.9. The zero-order valence-corrected chi connectivity index (χ0v) is 16.7. The van der Waals surface area contributed by atoms with Gasteiger partial charge in [-0.15, -0.1) is 5.10 Å². The lowest BCUT2D eigenvalue weighted by molar-refractivity contribution is -0.132. The van der Waals surface area contributed by atoms with Gasteiger partial charge in [-0.3, -0.25) is 4.90 Å². The Labute approximate surface area is 166 Å². The number of carbonyl (C=O) groups excluding carboxylic acids is 1. The first-order valence-corrected chi connectivity index (χ1v) is 9.60. The number of nitrogens with zero attached hydrogens (tertiary/aromatic N) is 4. The Kier molecular flexibility index (Phi) is 5.90. The minimum Gasteiger partial charge on any atom is -0.473 e. The first-order chi connectivity index (χ1) is 13.5. The molecule has 3 rings (SSSR count). The van der Waals surface area contributed by atoms with E-state index >= 15 is 0 Å². The highest BCUT2D eigenvalue weighted by atomic mass is 19.4. The molecule has 2 heterocycles. The first kappa shape index (κ1) is 21.2. The van der Waals surface area contributed by atoms with Crippen molar-refractivity contribution in [2.24, 2.45) is 0 Å². The van der Waals surface area contributed by atoms with Gasteiger partial charge in [0.25, 0.3) is 0 Å². The van der Waals surface area contributed by atoms with Crippen LogP contribution in [0.3, 0.4) is 0 Å². The molecule has 1 aliphatic carbocycles. The fourth-order valence-corrected chi connectivity index (χ4v) is 3.18. The van der Waals surface area contributed by atoms with E-state index in [2.05, 4.69) is 10.1 Å². The molecule has 0 atom stereocenters. The zero-order valence-electron chi connectivity index (χ0n) is 16.7. The summed E-state index contributed by atoms with van der Waals surface area (Å²) in [5.74, 6) is 0.234. The average molecular weight is 414 g/mol. The minimum atomic E-state index is -4.43. The van der Waals surface area contributed by atoms with E-state index in [-0.39, 0.29) is 23.3 Å². The predicted octanol–water partition coefficient (Wildman–Crippen LogP) is 4.74. The summed E-state index contributed by atoms with van der Waals surface area (Å²) in [6.07, 6.45) is 0.417. The lowest BCUT2D eigenvalue weighted by Crippen LogP contribution is -2.39. The van der Waals surface area contributed by atoms with Gasteiger partial charge >= 0.3 is 12.3 Å². The molecular formula is C19H25F3N4O3. The molecule has 0 radical (unpaired) electrons. The van der Waals surface area contributed by atoms with Crippen molar-refractivity contribution in [2.45, 2.75) is 70.8 Å². The quantitative estimate of drug-likeness (QED) is 0.707. The highest BCUT2D eigenvalue weighted by molar-refractivity contribution is 5.92. The van der Waals surface area contributed by atoms with Crippen LogP contribution in [0, 0.1) is 0 Å². The van der Waals surface area contributed by atoms with E-state index < -0.39 is 30.8 Å². The first-order valence-electron chi connectivity index (χ1n) is 9.60. The van der Waals surface area contributed by atoms with Crippen LogP contribution in [0.4, 0.5) is 23.7 Å². The molecule has 0 N–H and O–H groups in total. The average Bonchev–Trinajstić information content (AvgIpc) is 3.23. The number of carbonyl (C=O) groups is 1. The number of ether oxygens (including phenoxy) is 2. The molecule has 160 valence electrons. The van der Waals surface area contributed by atoms with Gasteiger partial charge in [0.05, 0.1) is 12.1 Å². The highest BCUT2D eigenvalue weighted by Gasteiger charge is 2.33. The number of halogens is 3. The van der Waals surface area contributed by atoms with Crippen molar-refractivity contribution in [2.75, 3.05) is 11.4 Å². The normalized spacial score (nSPS) is 15.7. The van der Waals surface area contributed by atoms with E-state index in [1.54, 1.807) is 27.0 Å². The van der Waals surface area contributed by atoms with Crippen molar-refractivity contribution in [1.82, 2.24) is 14.6 Å². The monoisotopic (exact) mass is 414 g/mol. The molecule has 0 aromatic carbocycles. The Bertz CT molecular complexity index is 854. The summed E-state index contributed by atoms with van der Waals surface area (Å²) in [7, 11) is 0. The van der Waals surface area contributed by atoms with Crippen molar-refractivity contribution in [3.8, 4) is 5.88 Å². The molecule has 1 amide bonds. The number of amides is 1. The number of anilines is 1. The SMILES string of the molecule is CC(C)(C)OC(=O)N(CCC(F)(F)F)c1cc(OC2CCCC2)nn2ccnc12. The smallest absolute Gasteiger partial charge is 0.414 e. The Morgan fingerprint density at radius 3 is 2.59 bits per heavy atom. The molecule has 1 aliphatic rings. The standard InChI is InChI=1S/C19H25F3N4O3/c1-18(2,3)29-17(27)25(10-8-19(20,21)22)14-12-15(28-13-6-4-5-7-13)24-26-11-9-23-16(14)26/h9,11-13H,4-8,10H2,1-3H3. The minimum absolute atomic E-state index is 0.00136. The van der Waals surface area contributed by atoms with E-state index in [4.69, 9.17) is 9.47 Å². The van der Waals surface area contributed by atoms with Crippen molar-refractivity contribution < 1.29 is 27.4 Å². The highest BCUT2D eigenvalue weighted by Crippen LogP contribution is 2.30. The van der Waals surface area contributed by atoms with Crippen LogP contribution in [-0.4, -0.2) is 45.1 Å². The fraction of sp³-hybridized carbons (Fsp3) is 0.632. The largest absolute Gasteiger partial charge is 0.473 e. The van der Waals surface area contributed by atoms with E-state index in [0.29, 0.717) is 0 Å². The number of rotatable bonds is 5. The molecule has 0 saturated heterocycles. The maximum absolute atomic E-state index is 12.9. The molecule has 2 aromatic rings. The predicted molar refractivity (Wildman–Crippen MR) is 100 cm³/mol. The lowest BCUT2D eigenvalue weighted by atomic mass is 10.2. The van der Waals surface area contributed by atoms with Gasteiger partial charge in [-0.2, -0.15) is 13.2 Å². The maximum Gasteiger partial charge on any atom is 0.414 e.